The fourth-order valence-electron chi connectivity index (χ4n) is 3.93. The number of hydrazine groups is 2. The van der Waals surface area contributed by atoms with Gasteiger partial charge in [-0.3, -0.25) is 4.72 Å². The van der Waals surface area contributed by atoms with Gasteiger partial charge in [-0.25, -0.2) is 10.5 Å². The van der Waals surface area contributed by atoms with Crippen LogP contribution in [0.3, 0.4) is 0 Å². The molecule has 1 fully saturated rings. The van der Waals surface area contributed by atoms with Crippen LogP contribution in [0.15, 0.2) is 59.7 Å². The average molecular weight is 439 g/mol. The number of amidine groups is 1. The molecule has 0 bridgehead atoms. The van der Waals surface area contributed by atoms with Crippen molar-refractivity contribution in [3.8, 4) is 0 Å². The van der Waals surface area contributed by atoms with Crippen LogP contribution in [0.5, 0.6) is 0 Å². The molecule has 0 radical (unpaired) electrons. The molecule has 1 aliphatic heterocycles. The summed E-state index contributed by atoms with van der Waals surface area (Å²) in [6.45, 7) is 7.82. The second kappa shape index (κ2) is 9.94. The molecule has 1 aliphatic carbocycles. The molecule has 2 aromatic carbocycles. The fraction of sp³-hybridized carbons (Fsp3) is 0.458. The van der Waals surface area contributed by atoms with Gasteiger partial charge < -0.3 is 5.32 Å². The van der Waals surface area contributed by atoms with Gasteiger partial charge in [0.1, 0.15) is 0 Å². The Kier molecular flexibility index (Phi) is 7.05. The van der Waals surface area contributed by atoms with Gasteiger partial charge in [0.05, 0.1) is 5.69 Å². The lowest BCUT2D eigenvalue weighted by atomic mass is 9.86. The lowest BCUT2D eigenvalue weighted by molar-refractivity contribution is 0.328. The van der Waals surface area contributed by atoms with E-state index in [0.29, 0.717) is 6.04 Å². The van der Waals surface area contributed by atoms with Crippen molar-refractivity contribution in [2.24, 2.45) is 11.0 Å². The van der Waals surface area contributed by atoms with E-state index in [1.54, 1.807) is 0 Å². The third kappa shape index (κ3) is 6.15. The van der Waals surface area contributed by atoms with Crippen molar-refractivity contribution >= 4 is 29.2 Å². The standard InChI is InChI=1S/C24H34N6S/c1-24(2,3)31-27-21-13-9-18(10-14-21)17-25-20-15-11-19(12-16-20)23-26-28-29-30(23)22-7-5-4-6-8-22/h4-8,11-12,15-16,18,21,25,27-29H,9-10,13-14,17H2,1-3H3/t18-,21-. The Labute approximate surface area is 190 Å². The molecular weight excluding hydrogens is 404 g/mol. The molecule has 0 saturated heterocycles. The number of hydrogen-bond donors (Lipinski definition) is 4. The first-order valence-corrected chi connectivity index (χ1v) is 12.0. The summed E-state index contributed by atoms with van der Waals surface area (Å²) in [5.74, 6) is 1.61. The van der Waals surface area contributed by atoms with Crippen LogP contribution in [-0.4, -0.2) is 23.2 Å². The SMILES string of the molecule is CC(C)(C)SN[C@H]1CC[C@H](CNc2ccc(C3=NNNN3c3ccccc3)cc2)CC1. The Bertz CT molecular complexity index is 854. The molecule has 2 aliphatic rings. The largest absolute Gasteiger partial charge is 0.385 e. The average Bonchev–Trinajstić information content (AvgIpc) is 3.27. The molecule has 0 unspecified atom stereocenters. The van der Waals surface area contributed by atoms with E-state index < -0.39 is 0 Å². The molecule has 1 heterocycles. The van der Waals surface area contributed by atoms with E-state index in [-0.39, 0.29) is 4.75 Å². The fourth-order valence-corrected chi connectivity index (χ4v) is 4.69. The Balaban J connectivity index is 1.25. The zero-order valence-corrected chi connectivity index (χ0v) is 19.5. The molecule has 1 saturated carbocycles. The van der Waals surface area contributed by atoms with E-state index in [2.05, 4.69) is 83.4 Å². The Morgan fingerprint density at radius 2 is 1.71 bits per heavy atom. The summed E-state index contributed by atoms with van der Waals surface area (Å²) < 4.78 is 3.95. The molecule has 0 amide bonds. The number of hydrogen-bond acceptors (Lipinski definition) is 7. The van der Waals surface area contributed by atoms with Crippen LogP contribution in [0.4, 0.5) is 11.4 Å². The highest BCUT2D eigenvalue weighted by atomic mass is 32.2. The first kappa shape index (κ1) is 22.0. The molecule has 2 aromatic rings. The first-order valence-electron chi connectivity index (χ1n) is 11.2. The molecule has 31 heavy (non-hydrogen) atoms. The molecule has 4 rings (SSSR count). The molecule has 0 aromatic heterocycles. The number of anilines is 2. The van der Waals surface area contributed by atoms with Gasteiger partial charge in [0.25, 0.3) is 0 Å². The van der Waals surface area contributed by atoms with Crippen LogP contribution in [-0.2, 0) is 0 Å². The van der Waals surface area contributed by atoms with E-state index in [1.165, 1.54) is 25.7 Å². The van der Waals surface area contributed by atoms with E-state index >= 15 is 0 Å². The number of nitrogens with one attached hydrogen (secondary N) is 4. The van der Waals surface area contributed by atoms with Gasteiger partial charge in [0.15, 0.2) is 5.84 Å². The maximum atomic E-state index is 4.40. The van der Waals surface area contributed by atoms with Crippen molar-refractivity contribution < 1.29 is 0 Å². The number of rotatable bonds is 7. The van der Waals surface area contributed by atoms with Gasteiger partial charge in [-0.05, 0) is 88.8 Å². The Hall–Kier alpha value is -2.22. The van der Waals surface area contributed by atoms with E-state index in [0.717, 1.165) is 35.2 Å². The summed E-state index contributed by atoms with van der Waals surface area (Å²) in [4.78, 5) is 0. The van der Waals surface area contributed by atoms with Gasteiger partial charge >= 0.3 is 0 Å². The van der Waals surface area contributed by atoms with Crippen LogP contribution in [0.1, 0.15) is 52.0 Å². The minimum absolute atomic E-state index is 0.277. The molecule has 4 N–H and O–H groups in total. The minimum Gasteiger partial charge on any atom is -0.385 e. The van der Waals surface area contributed by atoms with Crippen LogP contribution in [0.25, 0.3) is 0 Å². The van der Waals surface area contributed by atoms with Gasteiger partial charge in [-0.15, -0.1) is 10.6 Å². The lowest BCUT2D eigenvalue weighted by Gasteiger charge is -2.31. The maximum absolute atomic E-state index is 4.40. The summed E-state index contributed by atoms with van der Waals surface area (Å²) >= 11 is 1.87. The van der Waals surface area contributed by atoms with Gasteiger partial charge in [-0.2, -0.15) is 0 Å². The second-order valence-corrected chi connectivity index (χ2v) is 11.0. The van der Waals surface area contributed by atoms with Gasteiger partial charge in [-0.1, -0.05) is 30.1 Å². The molecular formula is C24H34N6S. The number of para-hydroxylation sites is 1. The maximum Gasteiger partial charge on any atom is 0.177 e. The Morgan fingerprint density at radius 3 is 2.39 bits per heavy atom. The van der Waals surface area contributed by atoms with Crippen molar-refractivity contribution in [3.63, 3.8) is 0 Å². The summed E-state index contributed by atoms with van der Waals surface area (Å²) in [7, 11) is 0. The van der Waals surface area contributed by atoms with Crippen molar-refractivity contribution in [2.75, 3.05) is 16.9 Å². The highest BCUT2D eigenvalue weighted by Crippen LogP contribution is 2.28. The summed E-state index contributed by atoms with van der Waals surface area (Å²) in [5, 5.41) is 9.99. The predicted molar refractivity (Wildman–Crippen MR) is 133 cm³/mol. The quantitative estimate of drug-likeness (QED) is 0.462. The van der Waals surface area contributed by atoms with E-state index in [1.807, 2.05) is 35.2 Å². The van der Waals surface area contributed by atoms with Gasteiger partial charge in [0.2, 0.25) is 0 Å². The zero-order chi connectivity index (χ0) is 21.7. The monoisotopic (exact) mass is 438 g/mol. The van der Waals surface area contributed by atoms with Crippen LogP contribution in [0, 0.1) is 5.92 Å². The second-order valence-electron chi connectivity index (χ2n) is 9.34. The molecule has 6 nitrogen and oxygen atoms in total. The third-order valence-electron chi connectivity index (χ3n) is 5.67. The number of hydrazone groups is 1. The lowest BCUT2D eigenvalue weighted by Crippen LogP contribution is -2.41. The highest BCUT2D eigenvalue weighted by molar-refractivity contribution is 7.98. The van der Waals surface area contributed by atoms with Crippen LogP contribution in [0.2, 0.25) is 0 Å². The van der Waals surface area contributed by atoms with E-state index in [4.69, 9.17) is 0 Å². The van der Waals surface area contributed by atoms with Gasteiger partial charge in [0, 0.05) is 28.6 Å². The summed E-state index contributed by atoms with van der Waals surface area (Å²) in [6, 6.07) is 19.3. The first-order chi connectivity index (χ1) is 15.0. The Morgan fingerprint density at radius 1 is 1.00 bits per heavy atom. The van der Waals surface area contributed by atoms with Crippen molar-refractivity contribution in [3.05, 3.63) is 60.2 Å². The summed E-state index contributed by atoms with van der Waals surface area (Å²) in [6.07, 6.45) is 5.11. The van der Waals surface area contributed by atoms with Crippen molar-refractivity contribution in [2.45, 2.75) is 57.2 Å². The number of benzene rings is 2. The molecule has 166 valence electrons. The molecule has 0 atom stereocenters. The molecule has 0 spiro atoms. The van der Waals surface area contributed by atoms with Crippen molar-refractivity contribution in [1.29, 1.82) is 0 Å². The molecule has 7 heteroatoms. The number of nitrogens with zero attached hydrogens (tertiary/aromatic N) is 2. The third-order valence-corrected chi connectivity index (χ3v) is 6.73. The van der Waals surface area contributed by atoms with Crippen molar-refractivity contribution in [1.82, 2.24) is 15.8 Å². The smallest absolute Gasteiger partial charge is 0.177 e. The zero-order valence-electron chi connectivity index (χ0n) is 18.7. The van der Waals surface area contributed by atoms with Crippen LogP contribution >= 0.6 is 11.9 Å². The minimum atomic E-state index is 0.277. The van der Waals surface area contributed by atoms with E-state index in [9.17, 15) is 0 Å². The highest BCUT2D eigenvalue weighted by Gasteiger charge is 2.23. The predicted octanol–water partition coefficient (Wildman–Crippen LogP) is 4.88. The topological polar surface area (TPSA) is 63.7 Å². The summed E-state index contributed by atoms with van der Waals surface area (Å²) in [5.41, 5.74) is 9.22. The normalized spacial score (nSPS) is 21.5. The van der Waals surface area contributed by atoms with Crippen LogP contribution < -0.4 is 26.1 Å².